The third-order valence-corrected chi connectivity index (χ3v) is 12.3. The van der Waals surface area contributed by atoms with E-state index in [1.165, 1.54) is 0 Å². The largest absolute Gasteiger partial charge is 0.462 e. The number of rotatable bonds is 30. The van der Waals surface area contributed by atoms with Gasteiger partial charge in [-0.2, -0.15) is 149 Å². The van der Waals surface area contributed by atoms with Gasteiger partial charge in [-0.3, -0.25) is 0 Å². The van der Waals surface area contributed by atoms with Crippen LogP contribution in [0.4, 0.5) is 149 Å². The summed E-state index contributed by atoms with van der Waals surface area (Å²) in [6.45, 7) is -1.58. The monoisotopic (exact) mass is 1360 g/mol. The van der Waals surface area contributed by atoms with Crippen LogP contribution in [0.25, 0.3) is 10.8 Å². The fourth-order valence-corrected chi connectivity index (χ4v) is 7.08. The molecule has 0 heterocycles. The summed E-state index contributed by atoms with van der Waals surface area (Å²) in [7, 11) is 0. The van der Waals surface area contributed by atoms with Crippen LogP contribution in [0.1, 0.15) is 132 Å². The molecule has 2 aromatic carbocycles. The van der Waals surface area contributed by atoms with Crippen molar-refractivity contribution < 1.29 is 187 Å². The molecule has 0 N–H and O–H groups in total. The third-order valence-electron chi connectivity index (χ3n) is 12.3. The number of benzene rings is 2. The normalized spacial score (nSPS) is 14.8. The molecule has 0 bridgehead atoms. The van der Waals surface area contributed by atoms with Crippen LogP contribution in [0.15, 0.2) is 12.1 Å². The summed E-state index contributed by atoms with van der Waals surface area (Å²) >= 11 is 0. The number of halogens is 34. The number of carbonyl (C=O) groups is 4. The van der Waals surface area contributed by atoms with Crippen LogP contribution in [0.5, 0.6) is 0 Å². The molecule has 0 spiro atoms. The number of hydrogen-bond acceptors (Lipinski definition) is 8. The van der Waals surface area contributed by atoms with Gasteiger partial charge in [-0.1, -0.05) is 53.4 Å². The lowest BCUT2D eigenvalue weighted by Gasteiger charge is -2.43. The van der Waals surface area contributed by atoms with E-state index < -0.39 is 228 Å². The van der Waals surface area contributed by atoms with Crippen molar-refractivity contribution in [2.75, 3.05) is 26.4 Å². The topological polar surface area (TPSA) is 105 Å². The minimum atomic E-state index is -9.49. The summed E-state index contributed by atoms with van der Waals surface area (Å²) in [5.74, 6) is -140. The van der Waals surface area contributed by atoms with Crippen LogP contribution in [-0.2, 0) is 30.8 Å². The van der Waals surface area contributed by atoms with Gasteiger partial charge < -0.3 is 18.9 Å². The van der Waals surface area contributed by atoms with Crippen molar-refractivity contribution in [3.63, 3.8) is 0 Å². The summed E-state index contributed by atoms with van der Waals surface area (Å²) < 4.78 is 520. The van der Waals surface area contributed by atoms with Crippen LogP contribution in [0.3, 0.4) is 0 Å². The number of ether oxygens (including phenoxy) is 4. The first-order valence-electron chi connectivity index (χ1n) is 23.9. The molecule has 0 unspecified atom stereocenters. The quantitative estimate of drug-likeness (QED) is 0.0330. The van der Waals surface area contributed by atoms with Gasteiger partial charge in [0.2, 0.25) is 0 Å². The number of alkyl halides is 34. The summed E-state index contributed by atoms with van der Waals surface area (Å²) in [6.07, 6.45) is -20.9. The van der Waals surface area contributed by atoms with Crippen molar-refractivity contribution >= 4 is 34.6 Å². The molecular weight excluding hydrogens is 1330 g/mol. The second-order valence-corrected chi connectivity index (χ2v) is 18.4. The lowest BCUT2D eigenvalue weighted by atomic mass is 9.79. The molecule has 0 aromatic heterocycles. The highest BCUT2D eigenvalue weighted by molar-refractivity contribution is 6.24. The van der Waals surface area contributed by atoms with Crippen LogP contribution in [0.2, 0.25) is 0 Å². The highest BCUT2D eigenvalue weighted by atomic mass is 19.4. The Morgan fingerprint density at radius 1 is 0.284 bits per heavy atom. The van der Waals surface area contributed by atoms with Crippen molar-refractivity contribution in [2.45, 2.75) is 174 Å². The maximum absolute atomic E-state index is 16.9. The summed E-state index contributed by atoms with van der Waals surface area (Å²) in [5, 5.41) is -5.84. The van der Waals surface area contributed by atoms with E-state index in [-0.39, 0.29) is 25.7 Å². The second kappa shape index (κ2) is 25.1. The Hall–Kier alpha value is -5.80. The summed E-state index contributed by atoms with van der Waals surface area (Å²) in [6, 6.07) is -3.25. The van der Waals surface area contributed by atoms with Gasteiger partial charge in [0.1, 0.15) is 0 Å². The molecule has 0 fully saturated rings. The van der Waals surface area contributed by atoms with Crippen molar-refractivity contribution in [1.82, 2.24) is 0 Å². The highest BCUT2D eigenvalue weighted by Crippen LogP contribution is 2.68. The number of fused-ring (bicyclic) bond motifs is 1. The van der Waals surface area contributed by atoms with Crippen molar-refractivity contribution in [1.29, 1.82) is 0 Å². The van der Waals surface area contributed by atoms with E-state index in [0.717, 1.165) is 27.7 Å². The number of unbranched alkanes of at least 4 members (excludes halogenated alkanes) is 4. The molecule has 508 valence electrons. The van der Waals surface area contributed by atoms with E-state index in [0.29, 0.717) is 0 Å². The highest BCUT2D eigenvalue weighted by Gasteiger charge is 2.97. The Kier molecular flexibility index (Phi) is 22.3. The predicted octanol–water partition coefficient (Wildman–Crippen LogP) is 17.6. The Morgan fingerprint density at radius 2 is 0.466 bits per heavy atom. The molecule has 0 aliphatic heterocycles. The molecule has 88 heavy (non-hydrogen) atoms. The lowest BCUT2D eigenvalue weighted by Crippen LogP contribution is -2.74. The standard InChI is InChI=1S/C46H38F34O8/c1-5-9-13-85-27(81)19-17-21(31(47,48)33(51,52)35(55,56)37(59,60)39(63,64)41(67,68)43(71,72)45(75,76)77)26(30(84)88-16-12-8-4)24-20(28(82)86-14-10-6-2)18-22(25(23(19)24)29(83)87-15-11-7-3)32(49,50)34(53,54)36(57,58)38(61,62)40(65,66)42(69,70)44(73,74)46(78,79)80/h17-18H,5-16H2,1-4H3. The zero-order valence-electron chi connectivity index (χ0n) is 43.8. The SMILES string of the molecule is CCCCOC(=O)c1cc(C(F)(F)C(F)(F)C(F)(F)C(F)(F)C(F)(F)C(F)(F)C(F)(F)C(F)(F)F)c(C(=O)OCCCC)c2c(C(=O)OCCCC)cc(C(F)(F)C(F)(F)C(F)(F)C(F)(F)C(F)(F)C(F)(F)C(F)(F)C(F)(F)F)c(C(=O)OCCCC)c12. The lowest BCUT2D eigenvalue weighted by molar-refractivity contribution is -0.462. The second-order valence-electron chi connectivity index (χ2n) is 18.4. The Labute approximate surface area is 468 Å². The van der Waals surface area contributed by atoms with Gasteiger partial charge in [0.05, 0.1) is 48.7 Å². The smallest absolute Gasteiger partial charge is 0.460 e. The number of hydrogen-bond donors (Lipinski definition) is 0. The van der Waals surface area contributed by atoms with Gasteiger partial charge in [-0.15, -0.1) is 0 Å². The molecule has 0 atom stereocenters. The zero-order chi connectivity index (χ0) is 69.7. The molecule has 0 amide bonds. The van der Waals surface area contributed by atoms with Gasteiger partial charge in [0.15, 0.2) is 0 Å². The first-order valence-corrected chi connectivity index (χ1v) is 23.9. The zero-order valence-corrected chi connectivity index (χ0v) is 43.8. The molecule has 2 aromatic rings. The molecule has 0 saturated heterocycles. The first kappa shape index (κ1) is 78.3. The van der Waals surface area contributed by atoms with Gasteiger partial charge >= 0.3 is 119 Å². The van der Waals surface area contributed by atoms with Gasteiger partial charge in [0.25, 0.3) is 0 Å². The Morgan fingerprint density at radius 3 is 0.659 bits per heavy atom. The van der Waals surface area contributed by atoms with Crippen LogP contribution in [-0.4, -0.2) is 134 Å². The number of esters is 4. The van der Waals surface area contributed by atoms with Gasteiger partial charge in [-0.05, 0) is 37.8 Å². The number of carbonyl (C=O) groups excluding carboxylic acids is 4. The predicted molar refractivity (Wildman–Crippen MR) is 224 cm³/mol. The van der Waals surface area contributed by atoms with Crippen LogP contribution in [0, 0.1) is 0 Å². The maximum Gasteiger partial charge on any atom is 0.460 e. The molecule has 0 aliphatic rings. The fourth-order valence-electron chi connectivity index (χ4n) is 7.08. The van der Waals surface area contributed by atoms with Crippen molar-refractivity contribution in [2.24, 2.45) is 0 Å². The molecule has 42 heteroatoms. The Balaban J connectivity index is 3.90. The molecular formula is C46H38F34O8. The van der Waals surface area contributed by atoms with Crippen molar-refractivity contribution in [3.8, 4) is 0 Å². The van der Waals surface area contributed by atoms with Crippen molar-refractivity contribution in [3.05, 3.63) is 45.5 Å². The molecule has 0 radical (unpaired) electrons. The Bertz CT molecular complexity index is 2670. The molecule has 8 nitrogen and oxygen atoms in total. The third kappa shape index (κ3) is 12.1. The van der Waals surface area contributed by atoms with Crippen LogP contribution >= 0.6 is 0 Å². The van der Waals surface area contributed by atoms with Crippen LogP contribution < -0.4 is 0 Å². The molecule has 2 rings (SSSR count). The molecule has 0 aliphatic carbocycles. The molecule has 0 saturated carbocycles. The fraction of sp³-hybridized carbons (Fsp3) is 0.696. The van der Waals surface area contributed by atoms with E-state index in [4.69, 9.17) is 0 Å². The minimum Gasteiger partial charge on any atom is -0.462 e. The minimum absolute atomic E-state index is 0.333. The summed E-state index contributed by atoms with van der Waals surface area (Å²) in [5.41, 5.74) is -20.6. The maximum atomic E-state index is 16.9. The average Bonchev–Trinajstić information content (AvgIpc) is 0.721. The van der Waals surface area contributed by atoms with E-state index in [2.05, 4.69) is 18.9 Å². The van der Waals surface area contributed by atoms with Gasteiger partial charge in [-0.25, -0.2) is 19.2 Å². The average molecular weight is 1360 g/mol. The van der Waals surface area contributed by atoms with E-state index in [1.807, 2.05) is 0 Å². The van der Waals surface area contributed by atoms with E-state index in [9.17, 15) is 98.2 Å². The summed E-state index contributed by atoms with van der Waals surface area (Å²) in [4.78, 5) is 56.0. The van der Waals surface area contributed by atoms with E-state index >= 15 is 70.2 Å². The first-order chi connectivity index (χ1) is 39.1. The van der Waals surface area contributed by atoms with E-state index in [1.54, 1.807) is 0 Å². The van der Waals surface area contributed by atoms with Gasteiger partial charge in [0, 0.05) is 21.9 Å².